The fourth-order valence-electron chi connectivity index (χ4n) is 1.74. The van der Waals surface area contributed by atoms with Gasteiger partial charge in [-0.2, -0.15) is 0 Å². The van der Waals surface area contributed by atoms with E-state index < -0.39 is 17.8 Å². The number of hydrogen-bond donors (Lipinski definition) is 3. The lowest BCUT2D eigenvalue weighted by molar-refractivity contribution is 0.0697. The Hall–Kier alpha value is -2.89. The van der Waals surface area contributed by atoms with Crippen LogP contribution < -0.4 is 10.6 Å². The van der Waals surface area contributed by atoms with Crippen LogP contribution in [0.1, 0.15) is 15.9 Å². The van der Waals surface area contributed by atoms with Crippen molar-refractivity contribution in [3.63, 3.8) is 0 Å². The number of aryl methyl sites for hydroxylation is 1. The first-order valence-electron chi connectivity index (χ1n) is 6.14. The Balaban J connectivity index is 2.15. The van der Waals surface area contributed by atoms with Crippen molar-refractivity contribution in [3.05, 3.63) is 59.4 Å². The third kappa shape index (κ3) is 3.56. The van der Waals surface area contributed by atoms with Gasteiger partial charge in [-0.15, -0.1) is 0 Å². The number of carboxylic acid groups (broad SMARTS) is 1. The molecule has 0 aromatic heterocycles. The maximum atomic E-state index is 13.6. The predicted octanol–water partition coefficient (Wildman–Crippen LogP) is 3.48. The smallest absolute Gasteiger partial charge is 0.335 e. The van der Waals surface area contributed by atoms with E-state index in [1.165, 1.54) is 0 Å². The molecule has 0 saturated heterocycles. The van der Waals surface area contributed by atoms with Crippen LogP contribution in [0, 0.1) is 12.7 Å². The molecule has 3 N–H and O–H groups in total. The molecule has 2 aromatic carbocycles. The molecule has 5 nitrogen and oxygen atoms in total. The Morgan fingerprint density at radius 3 is 2.38 bits per heavy atom. The first-order valence-corrected chi connectivity index (χ1v) is 6.14. The van der Waals surface area contributed by atoms with Crippen LogP contribution in [0.5, 0.6) is 0 Å². The molecule has 108 valence electrons. The Morgan fingerprint density at radius 2 is 1.71 bits per heavy atom. The molecule has 0 fully saturated rings. The van der Waals surface area contributed by atoms with Gasteiger partial charge in [0.25, 0.3) is 0 Å². The largest absolute Gasteiger partial charge is 0.478 e. The summed E-state index contributed by atoms with van der Waals surface area (Å²) < 4.78 is 13.6. The summed E-state index contributed by atoms with van der Waals surface area (Å²) in [5.41, 5.74) is 1.14. The Morgan fingerprint density at radius 1 is 1.05 bits per heavy atom. The van der Waals surface area contributed by atoms with Gasteiger partial charge in [0.05, 0.1) is 11.3 Å². The molecule has 2 rings (SSSR count). The lowest BCUT2D eigenvalue weighted by atomic mass is 10.2. The van der Waals surface area contributed by atoms with E-state index in [-0.39, 0.29) is 11.3 Å². The number of halogens is 1. The normalized spacial score (nSPS) is 10.0. The molecular weight excluding hydrogens is 275 g/mol. The average molecular weight is 288 g/mol. The average Bonchev–Trinajstić information content (AvgIpc) is 2.43. The van der Waals surface area contributed by atoms with Crippen molar-refractivity contribution in [2.45, 2.75) is 6.92 Å². The molecule has 0 atom stereocenters. The fraction of sp³-hybridized carbons (Fsp3) is 0.0667. The predicted molar refractivity (Wildman–Crippen MR) is 77.2 cm³/mol. The second-order valence-corrected chi connectivity index (χ2v) is 4.39. The zero-order chi connectivity index (χ0) is 15.4. The third-order valence-corrected chi connectivity index (χ3v) is 2.85. The van der Waals surface area contributed by atoms with Gasteiger partial charge in [-0.3, -0.25) is 0 Å². The molecule has 0 heterocycles. The Kier molecular flexibility index (Phi) is 4.18. The minimum absolute atomic E-state index is 0.109. The van der Waals surface area contributed by atoms with E-state index in [0.717, 1.165) is 23.8 Å². The summed E-state index contributed by atoms with van der Waals surface area (Å²) in [7, 11) is 0. The van der Waals surface area contributed by atoms with Crippen molar-refractivity contribution in [3.8, 4) is 0 Å². The second kappa shape index (κ2) is 6.04. The highest BCUT2D eigenvalue weighted by molar-refractivity contribution is 6.01. The van der Waals surface area contributed by atoms with Gasteiger partial charge in [-0.1, -0.05) is 18.2 Å². The molecule has 6 heteroatoms. The summed E-state index contributed by atoms with van der Waals surface area (Å²) in [5, 5.41) is 13.7. The highest BCUT2D eigenvalue weighted by Crippen LogP contribution is 2.18. The molecule has 2 amide bonds. The summed E-state index contributed by atoms with van der Waals surface area (Å²) in [6.45, 7) is 1.82. The molecule has 0 aliphatic carbocycles. The topological polar surface area (TPSA) is 78.4 Å². The maximum absolute atomic E-state index is 13.6. The highest BCUT2D eigenvalue weighted by atomic mass is 19.1. The van der Waals surface area contributed by atoms with Gasteiger partial charge in [0.1, 0.15) is 5.82 Å². The van der Waals surface area contributed by atoms with Crippen molar-refractivity contribution < 1.29 is 19.1 Å². The van der Waals surface area contributed by atoms with Gasteiger partial charge in [0, 0.05) is 5.69 Å². The van der Waals surface area contributed by atoms with Crippen LogP contribution in [0.15, 0.2) is 42.5 Å². The zero-order valence-corrected chi connectivity index (χ0v) is 11.2. The molecule has 0 aliphatic rings. The van der Waals surface area contributed by atoms with Crippen LogP contribution in [0.3, 0.4) is 0 Å². The standard InChI is InChI=1S/C15H13FN2O3/c1-9-4-2-3-5-12(9)17-15(21)18-13-8-10(14(19)20)6-7-11(13)16/h2-8H,1H3,(H,19,20)(H2,17,18,21). The van der Waals surface area contributed by atoms with Gasteiger partial charge in [0.2, 0.25) is 0 Å². The summed E-state index contributed by atoms with van der Waals surface area (Å²) in [6, 6.07) is 9.65. The number of carbonyl (C=O) groups excluding carboxylic acids is 1. The van der Waals surface area contributed by atoms with Crippen LogP contribution in [-0.2, 0) is 0 Å². The molecule has 0 saturated carbocycles. The van der Waals surface area contributed by atoms with Crippen molar-refractivity contribution in [1.29, 1.82) is 0 Å². The molecule has 0 unspecified atom stereocenters. The lowest BCUT2D eigenvalue weighted by Gasteiger charge is -2.10. The summed E-state index contributed by atoms with van der Waals surface area (Å²) in [5.74, 6) is -1.91. The van der Waals surface area contributed by atoms with Crippen molar-refractivity contribution >= 4 is 23.4 Å². The van der Waals surface area contributed by atoms with Crippen molar-refractivity contribution in [2.24, 2.45) is 0 Å². The van der Waals surface area contributed by atoms with E-state index in [0.29, 0.717) is 5.69 Å². The molecule has 0 bridgehead atoms. The molecule has 21 heavy (non-hydrogen) atoms. The number of amides is 2. The van der Waals surface area contributed by atoms with Crippen molar-refractivity contribution in [2.75, 3.05) is 10.6 Å². The van der Waals surface area contributed by atoms with Gasteiger partial charge in [-0.05, 0) is 36.8 Å². The van der Waals surface area contributed by atoms with Crippen LogP contribution in [-0.4, -0.2) is 17.1 Å². The van der Waals surface area contributed by atoms with E-state index in [9.17, 15) is 14.0 Å². The van der Waals surface area contributed by atoms with Gasteiger partial charge in [0.15, 0.2) is 0 Å². The molecule has 0 aliphatic heterocycles. The monoisotopic (exact) mass is 288 g/mol. The van der Waals surface area contributed by atoms with Crippen LogP contribution in [0.25, 0.3) is 0 Å². The number of hydrogen-bond acceptors (Lipinski definition) is 2. The van der Waals surface area contributed by atoms with Crippen LogP contribution in [0.4, 0.5) is 20.6 Å². The molecule has 0 radical (unpaired) electrons. The summed E-state index contributed by atoms with van der Waals surface area (Å²) in [6.07, 6.45) is 0. The van der Waals surface area contributed by atoms with Crippen molar-refractivity contribution in [1.82, 2.24) is 0 Å². The number of para-hydroxylation sites is 1. The van der Waals surface area contributed by atoms with Gasteiger partial charge in [-0.25, -0.2) is 14.0 Å². The lowest BCUT2D eigenvalue weighted by Crippen LogP contribution is -2.21. The van der Waals surface area contributed by atoms with E-state index in [1.54, 1.807) is 12.1 Å². The Labute approximate surface area is 120 Å². The highest BCUT2D eigenvalue weighted by Gasteiger charge is 2.11. The molecular formula is C15H13FN2O3. The van der Waals surface area contributed by atoms with E-state index in [4.69, 9.17) is 5.11 Å². The third-order valence-electron chi connectivity index (χ3n) is 2.85. The molecule has 2 aromatic rings. The number of aromatic carboxylic acids is 1. The van der Waals surface area contributed by atoms with E-state index in [1.807, 2.05) is 19.1 Å². The van der Waals surface area contributed by atoms with Gasteiger partial charge < -0.3 is 15.7 Å². The van der Waals surface area contributed by atoms with E-state index in [2.05, 4.69) is 10.6 Å². The first-order chi connectivity index (χ1) is 9.97. The summed E-state index contributed by atoms with van der Waals surface area (Å²) in [4.78, 5) is 22.7. The van der Waals surface area contributed by atoms with Crippen LogP contribution >= 0.6 is 0 Å². The number of carbonyl (C=O) groups is 2. The minimum Gasteiger partial charge on any atom is -0.478 e. The van der Waals surface area contributed by atoms with Crippen LogP contribution in [0.2, 0.25) is 0 Å². The number of rotatable bonds is 3. The van der Waals surface area contributed by atoms with Gasteiger partial charge >= 0.3 is 12.0 Å². The maximum Gasteiger partial charge on any atom is 0.335 e. The molecule has 0 spiro atoms. The first kappa shape index (κ1) is 14.5. The SMILES string of the molecule is Cc1ccccc1NC(=O)Nc1cc(C(=O)O)ccc1F. The fourth-order valence-corrected chi connectivity index (χ4v) is 1.74. The van der Waals surface area contributed by atoms with E-state index >= 15 is 0 Å². The number of nitrogens with one attached hydrogen (secondary N) is 2. The minimum atomic E-state index is -1.20. The zero-order valence-electron chi connectivity index (χ0n) is 11.2. The second-order valence-electron chi connectivity index (χ2n) is 4.39. The number of benzene rings is 2. The quantitative estimate of drug-likeness (QED) is 0.809. The number of anilines is 2. The Bertz CT molecular complexity index is 701. The number of urea groups is 1. The summed E-state index contributed by atoms with van der Waals surface area (Å²) >= 11 is 0. The number of carboxylic acids is 1.